The zero-order chi connectivity index (χ0) is 15.4. The lowest BCUT2D eigenvalue weighted by Gasteiger charge is -2.13. The van der Waals surface area contributed by atoms with Gasteiger partial charge >= 0.3 is 0 Å². The predicted molar refractivity (Wildman–Crippen MR) is 80.7 cm³/mol. The number of para-hydroxylation sites is 1. The van der Waals surface area contributed by atoms with Crippen LogP contribution in [0.5, 0.6) is 11.6 Å². The van der Waals surface area contributed by atoms with Gasteiger partial charge in [-0.2, -0.15) is 4.98 Å². The first-order valence-corrected chi connectivity index (χ1v) is 6.68. The van der Waals surface area contributed by atoms with Gasteiger partial charge in [0.15, 0.2) is 0 Å². The molecule has 0 spiro atoms. The Kier molecular flexibility index (Phi) is 4.37. The number of nitrogens with zero attached hydrogens (tertiary/aromatic N) is 2. The van der Waals surface area contributed by atoms with Crippen molar-refractivity contribution < 1.29 is 9.53 Å². The van der Waals surface area contributed by atoms with Crippen LogP contribution in [0.1, 0.15) is 28.7 Å². The van der Waals surface area contributed by atoms with E-state index in [1.54, 1.807) is 31.3 Å². The number of amides is 1. The summed E-state index contributed by atoms with van der Waals surface area (Å²) < 4.78 is 5.79. The van der Waals surface area contributed by atoms with E-state index in [2.05, 4.69) is 15.3 Å². The maximum Gasteiger partial charge on any atom is 0.252 e. The molecule has 0 radical (unpaired) electrons. The number of primary amides is 1. The molecule has 0 bridgehead atoms. The summed E-state index contributed by atoms with van der Waals surface area (Å²) in [6.07, 6.45) is 0.683. The minimum absolute atomic E-state index is 0.319. The van der Waals surface area contributed by atoms with Crippen LogP contribution in [-0.4, -0.2) is 22.9 Å². The molecule has 3 N–H and O–H groups in total. The fourth-order valence-corrected chi connectivity index (χ4v) is 1.90. The summed E-state index contributed by atoms with van der Waals surface area (Å²) in [5, 5.41) is 3.01. The molecule has 0 saturated carbocycles. The van der Waals surface area contributed by atoms with Gasteiger partial charge < -0.3 is 15.8 Å². The molecule has 110 valence electrons. The molecule has 0 saturated heterocycles. The summed E-state index contributed by atoms with van der Waals surface area (Å²) >= 11 is 0. The fraction of sp³-hybridized carbons (Fsp3) is 0.267. The van der Waals surface area contributed by atoms with E-state index in [1.165, 1.54) is 0 Å². The van der Waals surface area contributed by atoms with Crippen molar-refractivity contribution in [1.82, 2.24) is 9.97 Å². The molecule has 1 aromatic heterocycles. The Morgan fingerprint density at radius 1 is 1.33 bits per heavy atom. The number of carbonyl (C=O) groups excluding carboxylic acids is 1. The molecule has 0 atom stereocenters. The molecule has 0 aliphatic heterocycles. The molecule has 0 fully saturated rings. The van der Waals surface area contributed by atoms with E-state index in [0.717, 1.165) is 5.56 Å². The number of rotatable bonds is 5. The van der Waals surface area contributed by atoms with Crippen molar-refractivity contribution >= 4 is 11.7 Å². The van der Waals surface area contributed by atoms with E-state index in [9.17, 15) is 4.79 Å². The first kappa shape index (κ1) is 14.8. The average Bonchev–Trinajstić information content (AvgIpc) is 2.49. The van der Waals surface area contributed by atoms with Crippen LogP contribution < -0.4 is 15.8 Å². The van der Waals surface area contributed by atoms with Crippen molar-refractivity contribution in [3.8, 4) is 11.6 Å². The summed E-state index contributed by atoms with van der Waals surface area (Å²) in [7, 11) is 1.79. The van der Waals surface area contributed by atoms with Crippen LogP contribution in [-0.2, 0) is 6.42 Å². The Balaban J connectivity index is 2.47. The summed E-state index contributed by atoms with van der Waals surface area (Å²) in [4.78, 5) is 20.2. The van der Waals surface area contributed by atoms with Crippen molar-refractivity contribution in [2.45, 2.75) is 20.3 Å². The number of nitrogens with one attached hydrogen (secondary N) is 1. The summed E-state index contributed by atoms with van der Waals surface area (Å²) in [5.41, 5.74) is 6.45. The van der Waals surface area contributed by atoms with Gasteiger partial charge in [-0.3, -0.25) is 4.79 Å². The average molecular weight is 286 g/mol. The van der Waals surface area contributed by atoms with E-state index < -0.39 is 5.91 Å². The SMILES string of the molecule is CCc1nc(NC)c(C)c(Oc2ccccc2C(N)=O)n1. The Morgan fingerprint density at radius 2 is 2.05 bits per heavy atom. The van der Waals surface area contributed by atoms with Crippen molar-refractivity contribution in [1.29, 1.82) is 0 Å². The maximum atomic E-state index is 11.4. The van der Waals surface area contributed by atoms with Gasteiger partial charge in [0.25, 0.3) is 5.91 Å². The lowest BCUT2D eigenvalue weighted by molar-refractivity contribution is 0.0998. The second kappa shape index (κ2) is 6.21. The van der Waals surface area contributed by atoms with Crippen LogP contribution in [0, 0.1) is 6.92 Å². The third-order valence-corrected chi connectivity index (χ3v) is 3.06. The molecule has 6 nitrogen and oxygen atoms in total. The molecule has 2 rings (SSSR count). The quantitative estimate of drug-likeness (QED) is 0.880. The number of carbonyl (C=O) groups is 1. The Morgan fingerprint density at radius 3 is 2.67 bits per heavy atom. The van der Waals surface area contributed by atoms with Gasteiger partial charge in [0.1, 0.15) is 17.4 Å². The van der Waals surface area contributed by atoms with Crippen LogP contribution in [0.15, 0.2) is 24.3 Å². The Bertz CT molecular complexity index is 671. The molecule has 1 amide bonds. The number of benzene rings is 1. The van der Waals surface area contributed by atoms with Gasteiger partial charge in [-0.1, -0.05) is 19.1 Å². The first-order chi connectivity index (χ1) is 10.1. The molecule has 1 aromatic carbocycles. The highest BCUT2D eigenvalue weighted by Crippen LogP contribution is 2.29. The van der Waals surface area contributed by atoms with E-state index >= 15 is 0 Å². The third-order valence-electron chi connectivity index (χ3n) is 3.06. The normalized spacial score (nSPS) is 10.2. The van der Waals surface area contributed by atoms with Gasteiger partial charge in [-0.25, -0.2) is 4.98 Å². The summed E-state index contributed by atoms with van der Waals surface area (Å²) in [6.45, 7) is 3.82. The second-order valence-corrected chi connectivity index (χ2v) is 4.48. The van der Waals surface area contributed by atoms with E-state index in [-0.39, 0.29) is 0 Å². The van der Waals surface area contributed by atoms with Crippen LogP contribution in [0.2, 0.25) is 0 Å². The molecule has 1 heterocycles. The molecule has 0 aliphatic carbocycles. The number of aromatic nitrogens is 2. The van der Waals surface area contributed by atoms with Crippen molar-refractivity contribution in [2.75, 3.05) is 12.4 Å². The van der Waals surface area contributed by atoms with Crippen LogP contribution in [0.25, 0.3) is 0 Å². The first-order valence-electron chi connectivity index (χ1n) is 6.68. The van der Waals surface area contributed by atoms with Gasteiger partial charge in [-0.15, -0.1) is 0 Å². The molecule has 2 aromatic rings. The molecule has 6 heteroatoms. The largest absolute Gasteiger partial charge is 0.438 e. The highest BCUT2D eigenvalue weighted by molar-refractivity contribution is 5.95. The summed E-state index contributed by atoms with van der Waals surface area (Å²) in [6, 6.07) is 6.81. The van der Waals surface area contributed by atoms with E-state index in [1.807, 2.05) is 13.8 Å². The Labute approximate surface area is 123 Å². The molecule has 0 aliphatic rings. The minimum Gasteiger partial charge on any atom is -0.438 e. The standard InChI is InChI=1S/C15H18N4O2/c1-4-12-18-14(17-3)9(2)15(19-12)21-11-8-6-5-7-10(11)13(16)20/h5-8H,4H2,1-3H3,(H2,16,20)(H,17,18,19). The lowest BCUT2D eigenvalue weighted by atomic mass is 10.2. The monoisotopic (exact) mass is 286 g/mol. The number of anilines is 1. The van der Waals surface area contributed by atoms with Crippen molar-refractivity contribution in [3.05, 3.63) is 41.2 Å². The molecular weight excluding hydrogens is 268 g/mol. The fourth-order valence-electron chi connectivity index (χ4n) is 1.90. The number of nitrogens with two attached hydrogens (primary N) is 1. The highest BCUT2D eigenvalue weighted by Gasteiger charge is 2.14. The lowest BCUT2D eigenvalue weighted by Crippen LogP contribution is -2.12. The topological polar surface area (TPSA) is 90.1 Å². The van der Waals surface area contributed by atoms with E-state index in [0.29, 0.717) is 35.3 Å². The maximum absolute atomic E-state index is 11.4. The molecule has 21 heavy (non-hydrogen) atoms. The van der Waals surface area contributed by atoms with Crippen LogP contribution >= 0.6 is 0 Å². The predicted octanol–water partition coefficient (Wildman–Crippen LogP) is 2.28. The zero-order valence-corrected chi connectivity index (χ0v) is 12.3. The van der Waals surface area contributed by atoms with Gasteiger partial charge in [0.2, 0.25) is 5.88 Å². The van der Waals surface area contributed by atoms with Crippen LogP contribution in [0.3, 0.4) is 0 Å². The number of aryl methyl sites for hydroxylation is 1. The summed E-state index contributed by atoms with van der Waals surface area (Å²) in [5.74, 6) is 1.63. The van der Waals surface area contributed by atoms with Crippen molar-refractivity contribution in [2.24, 2.45) is 5.73 Å². The molecular formula is C15H18N4O2. The second-order valence-electron chi connectivity index (χ2n) is 4.48. The highest BCUT2D eigenvalue weighted by atomic mass is 16.5. The number of ether oxygens (including phenoxy) is 1. The number of hydrogen-bond acceptors (Lipinski definition) is 5. The Hall–Kier alpha value is -2.63. The smallest absolute Gasteiger partial charge is 0.252 e. The zero-order valence-electron chi connectivity index (χ0n) is 12.3. The van der Waals surface area contributed by atoms with Crippen molar-refractivity contribution in [3.63, 3.8) is 0 Å². The van der Waals surface area contributed by atoms with Crippen LogP contribution in [0.4, 0.5) is 5.82 Å². The third kappa shape index (κ3) is 3.10. The number of hydrogen-bond donors (Lipinski definition) is 2. The van der Waals surface area contributed by atoms with Gasteiger partial charge in [0, 0.05) is 13.5 Å². The van der Waals surface area contributed by atoms with Gasteiger partial charge in [-0.05, 0) is 19.1 Å². The molecule has 0 unspecified atom stereocenters. The van der Waals surface area contributed by atoms with E-state index in [4.69, 9.17) is 10.5 Å². The minimum atomic E-state index is -0.540. The van der Waals surface area contributed by atoms with Gasteiger partial charge in [0.05, 0.1) is 11.1 Å².